The predicted octanol–water partition coefficient (Wildman–Crippen LogP) is 3.80. The minimum absolute atomic E-state index is 0.152. The number of benzene rings is 1. The van der Waals surface area contributed by atoms with E-state index in [0.717, 1.165) is 22.8 Å². The number of hydrogen-bond acceptors (Lipinski definition) is 4. The highest BCUT2D eigenvalue weighted by atomic mass is 35.5. The van der Waals surface area contributed by atoms with Crippen molar-refractivity contribution in [1.29, 1.82) is 0 Å². The van der Waals surface area contributed by atoms with Gasteiger partial charge in [0.1, 0.15) is 5.76 Å². The fourth-order valence-corrected chi connectivity index (χ4v) is 2.10. The maximum absolute atomic E-state index is 5.74. The Morgan fingerprint density at radius 3 is 2.50 bits per heavy atom. The molecule has 0 aliphatic rings. The van der Waals surface area contributed by atoms with Gasteiger partial charge in [0.25, 0.3) is 0 Å². The molecule has 0 aliphatic heterocycles. The monoisotopic (exact) mass is 295 g/mol. The molecule has 108 valence electrons. The van der Waals surface area contributed by atoms with Crippen molar-refractivity contribution in [2.24, 2.45) is 0 Å². The lowest BCUT2D eigenvalue weighted by molar-refractivity contribution is 0.354. The second-order valence-electron chi connectivity index (χ2n) is 4.42. The van der Waals surface area contributed by atoms with E-state index in [1.165, 1.54) is 0 Å². The molecular formula is C15H18ClNO3. The molecule has 1 N–H and O–H groups in total. The van der Waals surface area contributed by atoms with Crippen LogP contribution < -0.4 is 14.8 Å². The van der Waals surface area contributed by atoms with Crippen molar-refractivity contribution in [1.82, 2.24) is 5.32 Å². The van der Waals surface area contributed by atoms with E-state index in [9.17, 15) is 0 Å². The molecule has 4 nitrogen and oxygen atoms in total. The number of nitrogens with one attached hydrogen (secondary N) is 1. The highest BCUT2D eigenvalue weighted by Gasteiger charge is 2.10. The molecule has 5 heteroatoms. The fourth-order valence-electron chi connectivity index (χ4n) is 1.94. The van der Waals surface area contributed by atoms with E-state index in [2.05, 4.69) is 12.2 Å². The van der Waals surface area contributed by atoms with Gasteiger partial charge in [0.15, 0.2) is 16.7 Å². The van der Waals surface area contributed by atoms with Crippen molar-refractivity contribution in [2.45, 2.75) is 19.5 Å². The van der Waals surface area contributed by atoms with E-state index < -0.39 is 0 Å². The van der Waals surface area contributed by atoms with Crippen LogP contribution in [0.3, 0.4) is 0 Å². The predicted molar refractivity (Wildman–Crippen MR) is 78.5 cm³/mol. The summed E-state index contributed by atoms with van der Waals surface area (Å²) in [7, 11) is 3.25. The highest BCUT2D eigenvalue weighted by Crippen LogP contribution is 2.30. The topological polar surface area (TPSA) is 43.6 Å². The lowest BCUT2D eigenvalue weighted by atomic mass is 10.1. The molecule has 0 saturated heterocycles. The van der Waals surface area contributed by atoms with Gasteiger partial charge in [0, 0.05) is 6.04 Å². The number of hydrogen-bond donors (Lipinski definition) is 1. The van der Waals surface area contributed by atoms with Gasteiger partial charge in [0.2, 0.25) is 0 Å². The Hall–Kier alpha value is -1.65. The van der Waals surface area contributed by atoms with E-state index in [-0.39, 0.29) is 6.04 Å². The Bertz CT molecular complexity index is 568. The average Bonchev–Trinajstić information content (AvgIpc) is 2.89. The molecule has 0 spiro atoms. The molecule has 0 saturated carbocycles. The van der Waals surface area contributed by atoms with Crippen LogP contribution in [0.15, 0.2) is 34.7 Å². The molecule has 0 aliphatic carbocycles. The standard InChI is InChI=1S/C15H18ClNO3/c1-10(17-9-12-5-7-15(16)20-12)11-4-6-13(18-2)14(8-11)19-3/h4-8,10,17H,9H2,1-3H3. The van der Waals surface area contributed by atoms with Crippen molar-refractivity contribution in [2.75, 3.05) is 14.2 Å². The summed E-state index contributed by atoms with van der Waals surface area (Å²) in [6, 6.07) is 9.62. The number of ether oxygens (including phenoxy) is 2. The van der Waals surface area contributed by atoms with Gasteiger partial charge in [-0.15, -0.1) is 0 Å². The fraction of sp³-hybridized carbons (Fsp3) is 0.333. The van der Waals surface area contributed by atoms with Gasteiger partial charge in [-0.05, 0) is 48.4 Å². The van der Waals surface area contributed by atoms with E-state index in [4.69, 9.17) is 25.5 Å². The largest absolute Gasteiger partial charge is 0.493 e. The SMILES string of the molecule is COc1ccc(C(C)NCc2ccc(Cl)o2)cc1OC. The zero-order chi connectivity index (χ0) is 14.5. The molecule has 2 rings (SSSR count). The third-order valence-corrected chi connectivity index (χ3v) is 3.32. The third kappa shape index (κ3) is 3.46. The lowest BCUT2D eigenvalue weighted by Crippen LogP contribution is -2.17. The van der Waals surface area contributed by atoms with Crippen LogP contribution in [-0.2, 0) is 6.54 Å². The van der Waals surface area contributed by atoms with Gasteiger partial charge in [-0.2, -0.15) is 0 Å². The molecule has 0 radical (unpaired) electrons. The van der Waals surface area contributed by atoms with Crippen LogP contribution >= 0.6 is 11.6 Å². The second kappa shape index (κ2) is 6.68. The van der Waals surface area contributed by atoms with Gasteiger partial charge in [-0.1, -0.05) is 6.07 Å². The number of furan rings is 1. The summed E-state index contributed by atoms with van der Waals surface area (Å²) >= 11 is 5.74. The summed E-state index contributed by atoms with van der Waals surface area (Å²) in [5.41, 5.74) is 1.11. The Balaban J connectivity index is 2.03. The van der Waals surface area contributed by atoms with E-state index in [1.54, 1.807) is 20.3 Å². The van der Waals surface area contributed by atoms with Crippen molar-refractivity contribution in [3.05, 3.63) is 46.9 Å². The normalized spacial score (nSPS) is 12.2. The second-order valence-corrected chi connectivity index (χ2v) is 4.80. The smallest absolute Gasteiger partial charge is 0.193 e. The first-order valence-corrected chi connectivity index (χ1v) is 6.71. The molecule has 0 bridgehead atoms. The van der Waals surface area contributed by atoms with E-state index in [1.807, 2.05) is 24.3 Å². The molecule has 2 aromatic rings. The average molecular weight is 296 g/mol. The first-order chi connectivity index (χ1) is 9.63. The Labute approximate surface area is 123 Å². The van der Waals surface area contributed by atoms with Crippen LogP contribution in [0.2, 0.25) is 5.22 Å². The molecule has 1 unspecified atom stereocenters. The van der Waals surface area contributed by atoms with Crippen molar-refractivity contribution in [3.63, 3.8) is 0 Å². The molecule has 1 atom stereocenters. The van der Waals surface area contributed by atoms with Crippen molar-refractivity contribution in [3.8, 4) is 11.5 Å². The zero-order valence-corrected chi connectivity index (χ0v) is 12.5. The summed E-state index contributed by atoms with van der Waals surface area (Å²) in [6.07, 6.45) is 0. The van der Waals surface area contributed by atoms with Crippen LogP contribution in [0.25, 0.3) is 0 Å². The quantitative estimate of drug-likeness (QED) is 0.880. The number of halogens is 1. The molecule has 1 aromatic carbocycles. The maximum Gasteiger partial charge on any atom is 0.193 e. The molecule has 1 aromatic heterocycles. The first-order valence-electron chi connectivity index (χ1n) is 6.33. The van der Waals surface area contributed by atoms with Gasteiger partial charge in [0.05, 0.1) is 20.8 Å². The molecular weight excluding hydrogens is 278 g/mol. The minimum Gasteiger partial charge on any atom is -0.493 e. The van der Waals surface area contributed by atoms with Gasteiger partial charge >= 0.3 is 0 Å². The maximum atomic E-state index is 5.74. The van der Waals surface area contributed by atoms with Gasteiger partial charge in [-0.3, -0.25) is 0 Å². The summed E-state index contributed by atoms with van der Waals surface area (Å²) in [5.74, 6) is 2.25. The van der Waals surface area contributed by atoms with Crippen molar-refractivity contribution >= 4 is 11.6 Å². The van der Waals surface area contributed by atoms with Crippen LogP contribution in [0, 0.1) is 0 Å². The summed E-state index contributed by atoms with van der Waals surface area (Å²) in [5, 5.41) is 3.77. The minimum atomic E-state index is 0.152. The van der Waals surface area contributed by atoms with Gasteiger partial charge < -0.3 is 19.2 Å². The number of methoxy groups -OCH3 is 2. The third-order valence-electron chi connectivity index (χ3n) is 3.12. The van der Waals surface area contributed by atoms with Crippen LogP contribution in [0.1, 0.15) is 24.3 Å². The highest BCUT2D eigenvalue weighted by molar-refractivity contribution is 6.28. The van der Waals surface area contributed by atoms with Crippen molar-refractivity contribution < 1.29 is 13.9 Å². The number of rotatable bonds is 6. The van der Waals surface area contributed by atoms with Crippen LogP contribution in [0.4, 0.5) is 0 Å². The summed E-state index contributed by atoms with van der Waals surface area (Å²) < 4.78 is 15.8. The van der Waals surface area contributed by atoms with E-state index in [0.29, 0.717) is 11.8 Å². The molecule has 20 heavy (non-hydrogen) atoms. The van der Waals surface area contributed by atoms with Gasteiger partial charge in [-0.25, -0.2) is 0 Å². The molecule has 0 amide bonds. The summed E-state index contributed by atoms with van der Waals surface area (Å²) in [4.78, 5) is 0. The molecule has 1 heterocycles. The Morgan fingerprint density at radius 2 is 1.90 bits per heavy atom. The Kier molecular flexibility index (Phi) is 4.93. The van der Waals surface area contributed by atoms with Crippen LogP contribution in [-0.4, -0.2) is 14.2 Å². The Morgan fingerprint density at radius 1 is 1.15 bits per heavy atom. The van der Waals surface area contributed by atoms with Crippen LogP contribution in [0.5, 0.6) is 11.5 Å². The zero-order valence-electron chi connectivity index (χ0n) is 11.8. The molecule has 0 fully saturated rings. The summed E-state index contributed by atoms with van der Waals surface area (Å²) in [6.45, 7) is 2.69. The first kappa shape index (κ1) is 14.8. The lowest BCUT2D eigenvalue weighted by Gasteiger charge is -2.15. The van der Waals surface area contributed by atoms with E-state index >= 15 is 0 Å².